The second kappa shape index (κ2) is 5.89. The maximum absolute atomic E-state index is 8.97. The highest BCUT2D eigenvalue weighted by Gasteiger charge is 2.00. The van der Waals surface area contributed by atoms with E-state index in [4.69, 9.17) is 10.8 Å². The summed E-state index contributed by atoms with van der Waals surface area (Å²) in [6, 6.07) is 13.6. The molecule has 2 aromatic rings. The third-order valence-corrected chi connectivity index (χ3v) is 3.20. The van der Waals surface area contributed by atoms with Crippen molar-refractivity contribution in [3.63, 3.8) is 0 Å². The SMILES string of the molecule is Nc1ccc(Br)cc1NCc1ccc(CO)cc1. The van der Waals surface area contributed by atoms with Gasteiger partial charge >= 0.3 is 0 Å². The number of hydrogen-bond donors (Lipinski definition) is 3. The van der Waals surface area contributed by atoms with Crippen molar-refractivity contribution >= 4 is 27.3 Å². The first-order valence-corrected chi connectivity index (χ1v) is 6.46. The molecule has 0 aliphatic carbocycles. The van der Waals surface area contributed by atoms with Crippen LogP contribution in [0.2, 0.25) is 0 Å². The van der Waals surface area contributed by atoms with Crippen molar-refractivity contribution in [2.24, 2.45) is 0 Å². The van der Waals surface area contributed by atoms with Gasteiger partial charge in [0.05, 0.1) is 18.0 Å². The molecule has 0 saturated heterocycles. The van der Waals surface area contributed by atoms with Crippen LogP contribution in [0.4, 0.5) is 11.4 Å². The molecule has 4 N–H and O–H groups in total. The van der Waals surface area contributed by atoms with Gasteiger partial charge in [0, 0.05) is 11.0 Å². The number of benzene rings is 2. The van der Waals surface area contributed by atoms with Crippen LogP contribution in [0.1, 0.15) is 11.1 Å². The van der Waals surface area contributed by atoms with E-state index in [-0.39, 0.29) is 6.61 Å². The summed E-state index contributed by atoms with van der Waals surface area (Å²) in [5, 5.41) is 12.3. The van der Waals surface area contributed by atoms with E-state index < -0.39 is 0 Å². The van der Waals surface area contributed by atoms with E-state index in [2.05, 4.69) is 21.2 Å². The van der Waals surface area contributed by atoms with Crippen LogP contribution >= 0.6 is 15.9 Å². The van der Waals surface area contributed by atoms with Crippen LogP contribution < -0.4 is 11.1 Å². The Labute approximate surface area is 115 Å². The van der Waals surface area contributed by atoms with E-state index in [9.17, 15) is 0 Å². The zero-order valence-corrected chi connectivity index (χ0v) is 11.4. The van der Waals surface area contributed by atoms with Gasteiger partial charge in [0.25, 0.3) is 0 Å². The summed E-state index contributed by atoms with van der Waals surface area (Å²) in [7, 11) is 0. The molecule has 0 atom stereocenters. The Morgan fingerprint density at radius 3 is 2.39 bits per heavy atom. The first-order valence-electron chi connectivity index (χ1n) is 5.66. The van der Waals surface area contributed by atoms with E-state index in [1.807, 2.05) is 42.5 Å². The third-order valence-electron chi connectivity index (χ3n) is 2.70. The lowest BCUT2D eigenvalue weighted by Gasteiger charge is -2.10. The van der Waals surface area contributed by atoms with Crippen LogP contribution in [0, 0.1) is 0 Å². The average Bonchev–Trinajstić information content (AvgIpc) is 2.40. The number of nitrogens with two attached hydrogens (primary N) is 1. The summed E-state index contributed by atoms with van der Waals surface area (Å²) in [6.07, 6.45) is 0. The molecule has 0 radical (unpaired) electrons. The number of aliphatic hydroxyl groups excluding tert-OH is 1. The summed E-state index contributed by atoms with van der Waals surface area (Å²) in [5.74, 6) is 0. The predicted octanol–water partition coefficient (Wildman–Crippen LogP) is 3.14. The van der Waals surface area contributed by atoms with Crippen molar-refractivity contribution in [3.05, 3.63) is 58.1 Å². The molecule has 0 aliphatic rings. The average molecular weight is 307 g/mol. The van der Waals surface area contributed by atoms with E-state index in [1.54, 1.807) is 0 Å². The fourth-order valence-corrected chi connectivity index (χ4v) is 2.00. The van der Waals surface area contributed by atoms with Gasteiger partial charge in [-0.3, -0.25) is 0 Å². The van der Waals surface area contributed by atoms with Crippen LogP contribution in [0.15, 0.2) is 46.9 Å². The molecule has 4 heteroatoms. The van der Waals surface area contributed by atoms with E-state index >= 15 is 0 Å². The molecule has 0 aromatic heterocycles. The molecule has 0 unspecified atom stereocenters. The maximum Gasteiger partial charge on any atom is 0.0681 e. The van der Waals surface area contributed by atoms with E-state index in [1.165, 1.54) is 0 Å². The second-order valence-corrected chi connectivity index (χ2v) is 4.98. The Kier molecular flexibility index (Phi) is 4.23. The first kappa shape index (κ1) is 12.9. The quantitative estimate of drug-likeness (QED) is 0.761. The maximum atomic E-state index is 8.97. The molecular formula is C14H15BrN2O. The summed E-state index contributed by atoms with van der Waals surface area (Å²) in [6.45, 7) is 0.776. The lowest BCUT2D eigenvalue weighted by molar-refractivity contribution is 0.282. The molecule has 18 heavy (non-hydrogen) atoms. The van der Waals surface area contributed by atoms with Gasteiger partial charge in [-0.2, -0.15) is 0 Å². The number of nitrogens with one attached hydrogen (secondary N) is 1. The molecule has 3 nitrogen and oxygen atoms in total. The first-order chi connectivity index (χ1) is 8.69. The van der Waals surface area contributed by atoms with Gasteiger partial charge in [0.15, 0.2) is 0 Å². The fraction of sp³-hybridized carbons (Fsp3) is 0.143. The minimum Gasteiger partial charge on any atom is -0.397 e. The highest BCUT2D eigenvalue weighted by molar-refractivity contribution is 9.10. The van der Waals surface area contributed by atoms with Gasteiger partial charge in [-0.15, -0.1) is 0 Å². The lowest BCUT2D eigenvalue weighted by Crippen LogP contribution is -2.02. The topological polar surface area (TPSA) is 58.3 Å². The van der Waals surface area contributed by atoms with Crippen molar-refractivity contribution in [1.29, 1.82) is 0 Å². The van der Waals surface area contributed by atoms with Gasteiger partial charge in [-0.1, -0.05) is 40.2 Å². The number of anilines is 2. The third kappa shape index (κ3) is 3.24. The standard InChI is InChI=1S/C14H15BrN2O/c15-12-5-6-13(16)14(7-12)17-8-10-1-3-11(9-18)4-2-10/h1-7,17-18H,8-9,16H2. The van der Waals surface area contributed by atoms with Crippen molar-refractivity contribution < 1.29 is 5.11 Å². The van der Waals surface area contributed by atoms with Crippen LogP contribution in [0.5, 0.6) is 0 Å². The number of halogens is 1. The molecule has 0 heterocycles. The summed E-state index contributed by atoms with van der Waals surface area (Å²) < 4.78 is 0.995. The monoisotopic (exact) mass is 306 g/mol. The molecule has 0 amide bonds. The molecule has 0 saturated carbocycles. The molecular weight excluding hydrogens is 292 g/mol. The Balaban J connectivity index is 2.04. The van der Waals surface area contributed by atoms with Crippen LogP contribution in [0.25, 0.3) is 0 Å². The molecule has 94 valence electrons. The molecule has 0 aliphatic heterocycles. The Morgan fingerprint density at radius 1 is 1.06 bits per heavy atom. The zero-order valence-electron chi connectivity index (χ0n) is 9.86. The highest BCUT2D eigenvalue weighted by Crippen LogP contribution is 2.23. The van der Waals surface area contributed by atoms with Gasteiger partial charge in [-0.05, 0) is 29.3 Å². The summed E-state index contributed by atoms with van der Waals surface area (Å²) in [4.78, 5) is 0. The van der Waals surface area contributed by atoms with Gasteiger partial charge in [0.2, 0.25) is 0 Å². The number of nitrogen functional groups attached to an aromatic ring is 1. The van der Waals surface area contributed by atoms with Gasteiger partial charge in [-0.25, -0.2) is 0 Å². The summed E-state index contributed by atoms with van der Waals surface area (Å²) >= 11 is 3.42. The largest absolute Gasteiger partial charge is 0.397 e. The minimum absolute atomic E-state index is 0.0757. The van der Waals surface area contributed by atoms with Crippen molar-refractivity contribution in [1.82, 2.24) is 0 Å². The van der Waals surface area contributed by atoms with E-state index in [0.29, 0.717) is 6.54 Å². The molecule has 0 bridgehead atoms. The van der Waals surface area contributed by atoms with Crippen molar-refractivity contribution in [3.8, 4) is 0 Å². The zero-order chi connectivity index (χ0) is 13.0. The fourth-order valence-electron chi connectivity index (χ4n) is 1.64. The van der Waals surface area contributed by atoms with Gasteiger partial charge < -0.3 is 16.2 Å². The molecule has 2 rings (SSSR count). The number of hydrogen-bond acceptors (Lipinski definition) is 3. The second-order valence-electron chi connectivity index (χ2n) is 4.06. The molecule has 0 spiro atoms. The predicted molar refractivity (Wildman–Crippen MR) is 78.2 cm³/mol. The summed E-state index contributed by atoms with van der Waals surface area (Å²) in [5.41, 5.74) is 9.58. The minimum atomic E-state index is 0.0757. The smallest absolute Gasteiger partial charge is 0.0681 e. The normalized spacial score (nSPS) is 10.3. The van der Waals surface area contributed by atoms with E-state index in [0.717, 1.165) is 27.0 Å². The number of aliphatic hydroxyl groups is 1. The van der Waals surface area contributed by atoms with Gasteiger partial charge in [0.1, 0.15) is 0 Å². The number of rotatable bonds is 4. The molecule has 0 fully saturated rings. The van der Waals surface area contributed by atoms with Crippen LogP contribution in [-0.4, -0.2) is 5.11 Å². The molecule has 2 aromatic carbocycles. The van der Waals surface area contributed by atoms with Crippen molar-refractivity contribution in [2.45, 2.75) is 13.2 Å². The Hall–Kier alpha value is -1.52. The van der Waals surface area contributed by atoms with Crippen LogP contribution in [0.3, 0.4) is 0 Å². The Morgan fingerprint density at radius 2 is 1.72 bits per heavy atom. The Bertz CT molecular complexity index is 526. The highest BCUT2D eigenvalue weighted by atomic mass is 79.9. The van der Waals surface area contributed by atoms with Crippen LogP contribution in [-0.2, 0) is 13.2 Å². The lowest BCUT2D eigenvalue weighted by atomic mass is 10.1. The van der Waals surface area contributed by atoms with Crippen molar-refractivity contribution in [2.75, 3.05) is 11.1 Å².